The van der Waals surface area contributed by atoms with Crippen LogP contribution in [0.25, 0.3) is 0 Å². The minimum Gasteiger partial charge on any atom is -0.352 e. The van der Waals surface area contributed by atoms with Crippen molar-refractivity contribution in [2.75, 3.05) is 6.54 Å². The molecule has 5 heteroatoms. The number of benzene rings is 1. The van der Waals surface area contributed by atoms with Crippen LogP contribution in [0.4, 0.5) is 4.39 Å². The average Bonchev–Trinajstić information content (AvgIpc) is 2.36. The highest BCUT2D eigenvalue weighted by Crippen LogP contribution is 2.27. The molecular weight excluding hydrogens is 333 g/mol. The highest BCUT2D eigenvalue weighted by atomic mass is 79.9. The Hall–Kier alpha value is -0.610. The molecule has 2 rings (SSSR count). The molecule has 0 aliphatic heterocycles. The molecule has 2 nitrogen and oxygen atoms in total. The monoisotopic (exact) mass is 347 g/mol. The molecule has 104 valence electrons. The van der Waals surface area contributed by atoms with E-state index in [1.165, 1.54) is 18.2 Å². The summed E-state index contributed by atoms with van der Waals surface area (Å²) in [5.41, 5.74) is 0.458. The zero-order chi connectivity index (χ0) is 13.8. The number of carbonyl (C=O) groups excluding carboxylic acids is 1. The topological polar surface area (TPSA) is 29.1 Å². The minimum absolute atomic E-state index is 0.177. The summed E-state index contributed by atoms with van der Waals surface area (Å²) < 4.78 is 13.4. The van der Waals surface area contributed by atoms with Crippen molar-refractivity contribution < 1.29 is 9.18 Å². The molecule has 1 N–H and O–H groups in total. The van der Waals surface area contributed by atoms with Crippen LogP contribution < -0.4 is 5.32 Å². The molecule has 0 saturated heterocycles. The van der Waals surface area contributed by atoms with E-state index in [-0.39, 0.29) is 17.1 Å². The minimum atomic E-state index is -0.360. The van der Waals surface area contributed by atoms with Gasteiger partial charge in [-0.15, -0.1) is 11.6 Å². The second-order valence-corrected chi connectivity index (χ2v) is 6.44. The van der Waals surface area contributed by atoms with Gasteiger partial charge in [0.15, 0.2) is 0 Å². The van der Waals surface area contributed by atoms with E-state index >= 15 is 0 Å². The average molecular weight is 349 g/mol. The van der Waals surface area contributed by atoms with Crippen LogP contribution in [0.1, 0.15) is 36.0 Å². The number of rotatable bonds is 3. The quantitative estimate of drug-likeness (QED) is 0.818. The maximum Gasteiger partial charge on any atom is 0.252 e. The zero-order valence-corrected chi connectivity index (χ0v) is 12.8. The highest BCUT2D eigenvalue weighted by Gasteiger charge is 2.21. The molecule has 0 aromatic heterocycles. The Kier molecular flexibility index (Phi) is 5.22. The van der Waals surface area contributed by atoms with Crippen LogP contribution >= 0.6 is 27.5 Å². The van der Waals surface area contributed by atoms with Gasteiger partial charge in [0.05, 0.1) is 5.56 Å². The number of amides is 1. The van der Waals surface area contributed by atoms with E-state index in [0.29, 0.717) is 22.5 Å². The number of nitrogens with one attached hydrogen (secondary N) is 1. The van der Waals surface area contributed by atoms with Gasteiger partial charge in [-0.25, -0.2) is 4.39 Å². The predicted octanol–water partition coefficient (Wildman–Crippen LogP) is 4.12. The van der Waals surface area contributed by atoms with E-state index in [2.05, 4.69) is 21.2 Å². The van der Waals surface area contributed by atoms with Gasteiger partial charge in [0.1, 0.15) is 5.82 Å². The first-order chi connectivity index (χ1) is 9.06. The molecule has 1 saturated carbocycles. The number of halogens is 3. The summed E-state index contributed by atoms with van der Waals surface area (Å²) in [5, 5.41) is 3.13. The summed E-state index contributed by atoms with van der Waals surface area (Å²) in [7, 11) is 0. The summed E-state index contributed by atoms with van der Waals surface area (Å²) in [5.74, 6) is -0.0938. The molecule has 1 aromatic carbocycles. The van der Waals surface area contributed by atoms with Gasteiger partial charge in [0.25, 0.3) is 5.91 Å². The van der Waals surface area contributed by atoms with Gasteiger partial charge in [-0.3, -0.25) is 4.79 Å². The first-order valence-corrected chi connectivity index (χ1v) is 7.66. The van der Waals surface area contributed by atoms with Crippen LogP contribution in [0.15, 0.2) is 22.7 Å². The van der Waals surface area contributed by atoms with Crippen molar-refractivity contribution in [2.45, 2.75) is 31.1 Å². The number of hydrogen-bond donors (Lipinski definition) is 1. The second kappa shape index (κ2) is 6.71. The first kappa shape index (κ1) is 14.8. The van der Waals surface area contributed by atoms with E-state index in [1.807, 2.05) is 0 Å². The Morgan fingerprint density at radius 3 is 2.95 bits per heavy atom. The fourth-order valence-corrected chi connectivity index (χ4v) is 3.35. The lowest BCUT2D eigenvalue weighted by Gasteiger charge is -2.25. The molecule has 0 spiro atoms. The summed E-state index contributed by atoms with van der Waals surface area (Å²) >= 11 is 9.33. The highest BCUT2D eigenvalue weighted by molar-refractivity contribution is 9.10. The van der Waals surface area contributed by atoms with Crippen molar-refractivity contribution in [3.8, 4) is 0 Å². The van der Waals surface area contributed by atoms with Crippen LogP contribution in [-0.4, -0.2) is 17.8 Å². The first-order valence-electron chi connectivity index (χ1n) is 6.43. The van der Waals surface area contributed by atoms with Gasteiger partial charge in [0.2, 0.25) is 0 Å². The van der Waals surface area contributed by atoms with E-state index in [1.54, 1.807) is 0 Å². The fourth-order valence-electron chi connectivity index (χ4n) is 2.42. The van der Waals surface area contributed by atoms with Gasteiger partial charge >= 0.3 is 0 Å². The standard InChI is InChI=1S/C14H16BrClFNO/c15-13-7-11(17)4-5-12(13)14(19)18-8-9-2-1-3-10(16)6-9/h4-5,7,9-10H,1-3,6,8H2,(H,18,19). The maximum absolute atomic E-state index is 13.0. The van der Waals surface area contributed by atoms with Crippen molar-refractivity contribution in [1.29, 1.82) is 0 Å². The van der Waals surface area contributed by atoms with Crippen LogP contribution in [0.5, 0.6) is 0 Å². The lowest BCUT2D eigenvalue weighted by atomic mass is 9.89. The third kappa shape index (κ3) is 4.18. The SMILES string of the molecule is O=C(NCC1CCCC(Cl)C1)c1ccc(F)cc1Br. The molecule has 19 heavy (non-hydrogen) atoms. The van der Waals surface area contributed by atoms with E-state index in [9.17, 15) is 9.18 Å². The third-order valence-electron chi connectivity index (χ3n) is 3.45. The molecule has 0 bridgehead atoms. The van der Waals surface area contributed by atoms with Crippen molar-refractivity contribution >= 4 is 33.4 Å². The third-order valence-corrected chi connectivity index (χ3v) is 4.50. The molecule has 2 atom stereocenters. The molecule has 2 unspecified atom stereocenters. The molecule has 0 radical (unpaired) electrons. The summed E-state index contributed by atoms with van der Waals surface area (Å²) in [4.78, 5) is 12.0. The van der Waals surface area contributed by atoms with Crippen LogP contribution in [0, 0.1) is 11.7 Å². The summed E-state index contributed by atoms with van der Waals surface area (Å²) in [6.07, 6.45) is 4.24. The number of hydrogen-bond acceptors (Lipinski definition) is 1. The Morgan fingerprint density at radius 1 is 1.47 bits per heavy atom. The van der Waals surface area contributed by atoms with E-state index < -0.39 is 0 Å². The summed E-state index contributed by atoms with van der Waals surface area (Å²) in [6, 6.07) is 4.07. The van der Waals surface area contributed by atoms with Crippen LogP contribution in [0.2, 0.25) is 0 Å². The Labute approximate surface area is 125 Å². The lowest BCUT2D eigenvalue weighted by Crippen LogP contribution is -2.32. The zero-order valence-electron chi connectivity index (χ0n) is 10.5. The molecule has 1 aliphatic carbocycles. The van der Waals surface area contributed by atoms with Gasteiger partial charge in [-0.2, -0.15) is 0 Å². The lowest BCUT2D eigenvalue weighted by molar-refractivity contribution is 0.0943. The molecule has 1 aromatic rings. The molecule has 1 fully saturated rings. The van der Waals surface area contributed by atoms with Gasteiger partial charge < -0.3 is 5.32 Å². The molecular formula is C14H16BrClFNO. The fraction of sp³-hybridized carbons (Fsp3) is 0.500. The smallest absolute Gasteiger partial charge is 0.252 e. The second-order valence-electron chi connectivity index (χ2n) is 4.96. The number of alkyl halides is 1. The predicted molar refractivity (Wildman–Crippen MR) is 78.0 cm³/mol. The number of carbonyl (C=O) groups is 1. The maximum atomic E-state index is 13.0. The van der Waals surface area contributed by atoms with Gasteiger partial charge in [-0.1, -0.05) is 6.42 Å². The Morgan fingerprint density at radius 2 is 2.26 bits per heavy atom. The summed E-state index contributed by atoms with van der Waals surface area (Å²) in [6.45, 7) is 0.631. The van der Waals surface area contributed by atoms with Gasteiger partial charge in [0, 0.05) is 16.4 Å². The van der Waals surface area contributed by atoms with Gasteiger partial charge in [-0.05, 0) is 59.3 Å². The van der Waals surface area contributed by atoms with E-state index in [0.717, 1.165) is 25.7 Å². The van der Waals surface area contributed by atoms with Crippen LogP contribution in [0.3, 0.4) is 0 Å². The van der Waals surface area contributed by atoms with E-state index in [4.69, 9.17) is 11.6 Å². The van der Waals surface area contributed by atoms with Crippen LogP contribution in [-0.2, 0) is 0 Å². The molecule has 1 aliphatic rings. The largest absolute Gasteiger partial charge is 0.352 e. The van der Waals surface area contributed by atoms with Crippen molar-refractivity contribution in [1.82, 2.24) is 5.32 Å². The Bertz CT molecular complexity index is 469. The molecule has 1 amide bonds. The van der Waals surface area contributed by atoms with Crippen molar-refractivity contribution in [2.24, 2.45) is 5.92 Å². The Balaban J connectivity index is 1.90. The van der Waals surface area contributed by atoms with Crippen molar-refractivity contribution in [3.63, 3.8) is 0 Å². The van der Waals surface area contributed by atoms with Crippen molar-refractivity contribution in [3.05, 3.63) is 34.1 Å². The molecule has 0 heterocycles. The normalized spacial score (nSPS) is 23.1.